The summed E-state index contributed by atoms with van der Waals surface area (Å²) in [6.45, 7) is 6.60. The molecule has 0 spiro atoms. The summed E-state index contributed by atoms with van der Waals surface area (Å²) in [7, 11) is 0. The molecule has 0 aliphatic heterocycles. The quantitative estimate of drug-likeness (QED) is 0.451. The average Bonchev–Trinajstić information content (AvgIpc) is 2.36. The molecule has 0 aliphatic carbocycles. The van der Waals surface area contributed by atoms with Crippen molar-refractivity contribution in [3.63, 3.8) is 0 Å². The molecular formula is C13H19BrN2O3. The number of ether oxygens (including phenoxy) is 1. The van der Waals surface area contributed by atoms with Crippen LogP contribution in [-0.4, -0.2) is 24.6 Å². The van der Waals surface area contributed by atoms with Crippen LogP contribution in [-0.2, 0) is 0 Å². The van der Waals surface area contributed by atoms with E-state index in [2.05, 4.69) is 35.1 Å². The van der Waals surface area contributed by atoms with E-state index in [1.165, 1.54) is 12.1 Å². The van der Waals surface area contributed by atoms with Crippen molar-refractivity contribution >= 4 is 21.6 Å². The third kappa shape index (κ3) is 6.02. The normalized spacial score (nSPS) is 12.2. The van der Waals surface area contributed by atoms with Crippen molar-refractivity contribution in [3.05, 3.63) is 32.8 Å². The van der Waals surface area contributed by atoms with Crippen LogP contribution < -0.4 is 10.1 Å². The van der Waals surface area contributed by atoms with Crippen molar-refractivity contribution in [2.24, 2.45) is 5.92 Å². The van der Waals surface area contributed by atoms with Crippen molar-refractivity contribution in [2.45, 2.75) is 20.3 Å². The third-order valence-corrected chi connectivity index (χ3v) is 2.98. The van der Waals surface area contributed by atoms with Crippen LogP contribution in [0.2, 0.25) is 0 Å². The fraction of sp³-hybridized carbons (Fsp3) is 0.538. The van der Waals surface area contributed by atoms with Crippen molar-refractivity contribution in [3.8, 4) is 5.75 Å². The van der Waals surface area contributed by atoms with Crippen molar-refractivity contribution in [1.82, 2.24) is 5.32 Å². The molecule has 106 valence electrons. The summed E-state index contributed by atoms with van der Waals surface area (Å²) in [6, 6.07) is 4.63. The number of nitro benzene ring substituents is 1. The Hall–Kier alpha value is -1.14. The van der Waals surface area contributed by atoms with E-state index in [1.807, 2.05) is 0 Å². The van der Waals surface area contributed by atoms with Gasteiger partial charge in [-0.05, 0) is 19.0 Å². The molecule has 0 bridgehead atoms. The third-order valence-electron chi connectivity index (χ3n) is 2.52. The highest BCUT2D eigenvalue weighted by molar-refractivity contribution is 9.10. The van der Waals surface area contributed by atoms with Gasteiger partial charge in [-0.2, -0.15) is 0 Å². The van der Waals surface area contributed by atoms with Crippen LogP contribution in [0.15, 0.2) is 22.7 Å². The van der Waals surface area contributed by atoms with Crippen LogP contribution >= 0.6 is 15.9 Å². The lowest BCUT2D eigenvalue weighted by Gasteiger charge is -2.13. The van der Waals surface area contributed by atoms with Gasteiger partial charge in [0.15, 0.2) is 0 Å². The molecule has 19 heavy (non-hydrogen) atoms. The lowest BCUT2D eigenvalue weighted by molar-refractivity contribution is -0.385. The maximum absolute atomic E-state index is 10.7. The van der Waals surface area contributed by atoms with Crippen LogP contribution in [0, 0.1) is 16.0 Å². The molecule has 1 atom stereocenters. The SMILES string of the molecule is CCCNCC(C)COc1cc(Br)cc([N+](=O)[O-])c1. The topological polar surface area (TPSA) is 64.4 Å². The Kier molecular flexibility index (Phi) is 6.80. The van der Waals surface area contributed by atoms with Crippen molar-refractivity contribution < 1.29 is 9.66 Å². The summed E-state index contributed by atoms with van der Waals surface area (Å²) in [5, 5.41) is 14.1. The van der Waals surface area contributed by atoms with Gasteiger partial charge in [0.05, 0.1) is 17.6 Å². The number of benzene rings is 1. The van der Waals surface area contributed by atoms with Crippen LogP contribution in [0.3, 0.4) is 0 Å². The number of rotatable bonds is 8. The van der Waals surface area contributed by atoms with E-state index >= 15 is 0 Å². The van der Waals surface area contributed by atoms with Crippen LogP contribution in [0.1, 0.15) is 20.3 Å². The lowest BCUT2D eigenvalue weighted by Crippen LogP contribution is -2.25. The van der Waals surface area contributed by atoms with E-state index in [0.29, 0.717) is 22.7 Å². The molecule has 0 amide bonds. The van der Waals surface area contributed by atoms with Gasteiger partial charge in [0.1, 0.15) is 5.75 Å². The van der Waals surface area contributed by atoms with Gasteiger partial charge in [-0.15, -0.1) is 0 Å². The van der Waals surface area contributed by atoms with Gasteiger partial charge >= 0.3 is 0 Å². The minimum atomic E-state index is -0.427. The average molecular weight is 331 g/mol. The molecule has 0 heterocycles. The number of non-ortho nitro benzene ring substituents is 1. The standard InChI is InChI=1S/C13H19BrN2O3/c1-3-4-15-8-10(2)9-19-13-6-11(14)5-12(7-13)16(17)18/h5-7,10,15H,3-4,8-9H2,1-2H3. The number of nitrogens with one attached hydrogen (secondary N) is 1. The monoisotopic (exact) mass is 330 g/mol. The van der Waals surface area contributed by atoms with E-state index in [0.717, 1.165) is 19.5 Å². The zero-order valence-corrected chi connectivity index (χ0v) is 12.8. The highest BCUT2D eigenvalue weighted by Crippen LogP contribution is 2.26. The van der Waals surface area contributed by atoms with Gasteiger partial charge in [-0.25, -0.2) is 0 Å². The fourth-order valence-electron chi connectivity index (χ4n) is 1.56. The summed E-state index contributed by atoms with van der Waals surface area (Å²) in [5.74, 6) is 0.869. The Morgan fingerprint density at radius 1 is 1.47 bits per heavy atom. The Balaban J connectivity index is 2.50. The molecule has 0 aliphatic rings. The Morgan fingerprint density at radius 3 is 2.84 bits per heavy atom. The van der Waals surface area contributed by atoms with E-state index in [9.17, 15) is 10.1 Å². The Bertz CT molecular complexity index is 426. The predicted molar refractivity (Wildman–Crippen MR) is 78.6 cm³/mol. The largest absolute Gasteiger partial charge is 0.493 e. The minimum Gasteiger partial charge on any atom is -0.493 e. The molecule has 1 aromatic rings. The molecule has 1 aromatic carbocycles. The lowest BCUT2D eigenvalue weighted by atomic mass is 10.2. The number of halogens is 1. The zero-order valence-electron chi connectivity index (χ0n) is 11.2. The molecule has 1 unspecified atom stereocenters. The smallest absolute Gasteiger partial charge is 0.274 e. The van der Waals surface area contributed by atoms with E-state index in [1.54, 1.807) is 6.07 Å². The maximum atomic E-state index is 10.7. The molecule has 0 aromatic heterocycles. The first-order valence-electron chi connectivity index (χ1n) is 6.31. The zero-order chi connectivity index (χ0) is 14.3. The molecule has 0 saturated heterocycles. The van der Waals surface area contributed by atoms with Gasteiger partial charge in [-0.3, -0.25) is 10.1 Å². The van der Waals surface area contributed by atoms with E-state index < -0.39 is 4.92 Å². The highest BCUT2D eigenvalue weighted by atomic mass is 79.9. The first-order valence-corrected chi connectivity index (χ1v) is 7.10. The van der Waals surface area contributed by atoms with Crippen molar-refractivity contribution in [1.29, 1.82) is 0 Å². The molecule has 0 saturated carbocycles. The molecule has 6 heteroatoms. The molecule has 5 nitrogen and oxygen atoms in total. The van der Waals surface area contributed by atoms with Crippen LogP contribution in [0.25, 0.3) is 0 Å². The van der Waals surface area contributed by atoms with Gasteiger partial charge in [-0.1, -0.05) is 29.8 Å². The van der Waals surface area contributed by atoms with Gasteiger partial charge in [0.2, 0.25) is 0 Å². The minimum absolute atomic E-state index is 0.0288. The molecular weight excluding hydrogens is 312 g/mol. The number of nitro groups is 1. The van der Waals surface area contributed by atoms with E-state index in [4.69, 9.17) is 4.74 Å². The molecule has 0 radical (unpaired) electrons. The summed E-state index contributed by atoms with van der Waals surface area (Å²) in [6.07, 6.45) is 1.10. The summed E-state index contributed by atoms with van der Waals surface area (Å²) >= 11 is 3.24. The first-order chi connectivity index (χ1) is 9.02. The van der Waals surface area contributed by atoms with Gasteiger partial charge in [0, 0.05) is 23.0 Å². The summed E-state index contributed by atoms with van der Waals surface area (Å²) in [5.41, 5.74) is 0.0288. The Labute approximate surface area is 121 Å². The van der Waals surface area contributed by atoms with Crippen molar-refractivity contribution in [2.75, 3.05) is 19.7 Å². The second-order valence-corrected chi connectivity index (χ2v) is 5.44. The second-order valence-electron chi connectivity index (χ2n) is 4.52. The predicted octanol–water partition coefficient (Wildman–Crippen LogP) is 3.37. The number of hydrogen-bond donors (Lipinski definition) is 1. The fourth-order valence-corrected chi connectivity index (χ4v) is 2.02. The van der Waals surface area contributed by atoms with Crippen LogP contribution in [0.4, 0.5) is 5.69 Å². The first kappa shape index (κ1) is 15.9. The van der Waals surface area contributed by atoms with Gasteiger partial charge < -0.3 is 10.1 Å². The maximum Gasteiger partial charge on any atom is 0.274 e. The van der Waals surface area contributed by atoms with Gasteiger partial charge in [0.25, 0.3) is 5.69 Å². The molecule has 1 rings (SSSR count). The van der Waals surface area contributed by atoms with Crippen LogP contribution in [0.5, 0.6) is 5.75 Å². The number of hydrogen-bond acceptors (Lipinski definition) is 4. The van der Waals surface area contributed by atoms with E-state index in [-0.39, 0.29) is 5.69 Å². The highest BCUT2D eigenvalue weighted by Gasteiger charge is 2.10. The number of nitrogens with zero attached hydrogens (tertiary/aromatic N) is 1. The summed E-state index contributed by atoms with van der Waals surface area (Å²) in [4.78, 5) is 10.3. The second kappa shape index (κ2) is 8.12. The molecule has 0 fully saturated rings. The summed E-state index contributed by atoms with van der Waals surface area (Å²) < 4.78 is 6.24. The Morgan fingerprint density at radius 2 is 2.21 bits per heavy atom. The molecule has 1 N–H and O–H groups in total.